The van der Waals surface area contributed by atoms with Crippen molar-refractivity contribution in [2.24, 2.45) is 0 Å². The van der Waals surface area contributed by atoms with Gasteiger partial charge in [-0.2, -0.15) is 0 Å². The van der Waals surface area contributed by atoms with Crippen LogP contribution in [0.15, 0.2) is 85.1 Å². The number of alkyl carbamates (subject to hydrolysis) is 2. The lowest BCUT2D eigenvalue weighted by atomic mass is 10.1. The smallest absolute Gasteiger partial charge is 0.408 e. The van der Waals surface area contributed by atoms with E-state index in [4.69, 9.17) is 19.2 Å². The van der Waals surface area contributed by atoms with Crippen LogP contribution in [0.1, 0.15) is 45.6 Å². The Morgan fingerprint density at radius 3 is 2.51 bits per heavy atom. The Morgan fingerprint density at radius 2 is 1.71 bits per heavy atom. The number of fused-ring (bicyclic) bond motifs is 3. The van der Waals surface area contributed by atoms with Crippen LogP contribution >= 0.6 is 11.3 Å². The Labute approximate surface area is 265 Å². The zero-order valence-corrected chi connectivity index (χ0v) is 26.3. The maximum Gasteiger partial charge on any atom is 0.408 e. The standard InChI is InChI=1S/C34H36N4O6S/c1-34(2,3)44-33(41)37-26(16-9-10-19-35-32(40)42-22-23-12-5-4-6-13-23)30(39)43-25-15-11-14-24(20-25)27-21-38-28-17-7-8-18-29(28)45-31(38)36-27/h4-8,11-15,17-18,20-21,26H,9-10,16,19,22H2,1-3H3,(H,35,40)(H,37,41). The molecule has 3 aromatic carbocycles. The number of hydrogen-bond donors (Lipinski definition) is 2. The van der Waals surface area contributed by atoms with Crippen molar-refractivity contribution in [1.82, 2.24) is 20.0 Å². The number of aromatic nitrogens is 2. The van der Waals surface area contributed by atoms with Gasteiger partial charge in [0.25, 0.3) is 0 Å². The first-order chi connectivity index (χ1) is 21.6. The summed E-state index contributed by atoms with van der Waals surface area (Å²) in [6, 6.07) is 23.7. The van der Waals surface area contributed by atoms with Gasteiger partial charge in [-0.1, -0.05) is 65.9 Å². The zero-order chi connectivity index (χ0) is 31.8. The lowest BCUT2D eigenvalue weighted by molar-refractivity contribution is -0.137. The molecule has 2 heterocycles. The number of nitrogens with one attached hydrogen (secondary N) is 2. The summed E-state index contributed by atoms with van der Waals surface area (Å²) in [4.78, 5) is 43.5. The van der Waals surface area contributed by atoms with E-state index in [-0.39, 0.29) is 13.0 Å². The molecule has 0 bridgehead atoms. The van der Waals surface area contributed by atoms with Gasteiger partial charge < -0.3 is 24.8 Å². The number of carbonyl (C=O) groups is 3. The number of thiazole rings is 1. The van der Waals surface area contributed by atoms with Gasteiger partial charge in [-0.15, -0.1) is 0 Å². The number of benzene rings is 3. The number of rotatable bonds is 11. The highest BCUT2D eigenvalue weighted by molar-refractivity contribution is 7.23. The summed E-state index contributed by atoms with van der Waals surface area (Å²) >= 11 is 1.60. The second-order valence-corrected chi connectivity index (χ2v) is 12.5. The third-order valence-corrected chi connectivity index (χ3v) is 7.76. The van der Waals surface area contributed by atoms with Crippen molar-refractivity contribution < 1.29 is 28.6 Å². The highest BCUT2D eigenvalue weighted by atomic mass is 32.1. The predicted molar refractivity (Wildman–Crippen MR) is 173 cm³/mol. The van der Waals surface area contributed by atoms with Gasteiger partial charge in [-0.05, 0) is 69.9 Å². The molecule has 0 saturated heterocycles. The van der Waals surface area contributed by atoms with Crippen LogP contribution in [0, 0.1) is 0 Å². The van der Waals surface area contributed by atoms with E-state index < -0.39 is 29.8 Å². The minimum Gasteiger partial charge on any atom is -0.445 e. The number of carbonyl (C=O) groups excluding carboxylic acids is 3. The summed E-state index contributed by atoms with van der Waals surface area (Å²) in [5.41, 5.74) is 2.78. The van der Waals surface area contributed by atoms with Crippen molar-refractivity contribution in [3.63, 3.8) is 0 Å². The van der Waals surface area contributed by atoms with Crippen LogP contribution in [0.25, 0.3) is 26.4 Å². The molecule has 2 aromatic heterocycles. The predicted octanol–water partition coefficient (Wildman–Crippen LogP) is 7.11. The Morgan fingerprint density at radius 1 is 0.933 bits per heavy atom. The zero-order valence-electron chi connectivity index (χ0n) is 25.4. The minimum absolute atomic E-state index is 0.178. The summed E-state index contributed by atoms with van der Waals surface area (Å²) in [6.07, 6.45) is 2.09. The molecule has 0 fully saturated rings. The van der Waals surface area contributed by atoms with Crippen molar-refractivity contribution in [3.8, 4) is 17.0 Å². The number of imidazole rings is 1. The summed E-state index contributed by atoms with van der Waals surface area (Å²) in [5, 5.41) is 5.36. The molecule has 5 aromatic rings. The molecule has 0 aliphatic rings. The first-order valence-corrected chi connectivity index (χ1v) is 15.6. The number of ether oxygens (including phenoxy) is 3. The van der Waals surface area contributed by atoms with E-state index in [1.807, 2.05) is 65.2 Å². The Bertz CT molecular complexity index is 1780. The summed E-state index contributed by atoms with van der Waals surface area (Å²) in [5.74, 6) is -0.289. The van der Waals surface area contributed by atoms with Crippen molar-refractivity contribution in [1.29, 1.82) is 0 Å². The van der Waals surface area contributed by atoms with Gasteiger partial charge in [0.05, 0.1) is 15.9 Å². The van der Waals surface area contributed by atoms with E-state index >= 15 is 0 Å². The van der Waals surface area contributed by atoms with Crippen LogP contribution in [0.5, 0.6) is 5.75 Å². The van der Waals surface area contributed by atoms with E-state index in [1.54, 1.807) is 50.3 Å². The first kappa shape index (κ1) is 31.5. The molecule has 11 heteroatoms. The second-order valence-electron chi connectivity index (χ2n) is 11.5. The number of amides is 2. The molecule has 0 saturated carbocycles. The average molecular weight is 629 g/mol. The quantitative estimate of drug-likeness (QED) is 0.0909. The van der Waals surface area contributed by atoms with Crippen LogP contribution < -0.4 is 15.4 Å². The molecule has 10 nitrogen and oxygen atoms in total. The fourth-order valence-corrected chi connectivity index (χ4v) is 5.64. The van der Waals surface area contributed by atoms with Gasteiger partial charge in [-0.3, -0.25) is 4.40 Å². The molecular formula is C34H36N4O6S. The largest absolute Gasteiger partial charge is 0.445 e. The van der Waals surface area contributed by atoms with Gasteiger partial charge >= 0.3 is 18.2 Å². The normalized spacial score (nSPS) is 12.1. The average Bonchev–Trinajstić information content (AvgIpc) is 3.58. The van der Waals surface area contributed by atoms with Crippen molar-refractivity contribution in [2.45, 2.75) is 58.3 Å². The van der Waals surface area contributed by atoms with Crippen LogP contribution in [-0.4, -0.2) is 45.7 Å². The van der Waals surface area contributed by atoms with Gasteiger partial charge in [-0.25, -0.2) is 19.4 Å². The third-order valence-electron chi connectivity index (χ3n) is 6.72. The van der Waals surface area contributed by atoms with E-state index in [9.17, 15) is 14.4 Å². The van der Waals surface area contributed by atoms with E-state index in [0.29, 0.717) is 25.1 Å². The minimum atomic E-state index is -0.960. The molecule has 1 unspecified atom stereocenters. The maximum absolute atomic E-state index is 13.3. The molecule has 5 rings (SSSR count). The number of para-hydroxylation sites is 1. The Hall–Kier alpha value is -4.90. The summed E-state index contributed by atoms with van der Waals surface area (Å²) < 4.78 is 19.5. The van der Waals surface area contributed by atoms with Crippen molar-refractivity contribution in [3.05, 3.63) is 90.6 Å². The molecule has 0 spiro atoms. The van der Waals surface area contributed by atoms with Crippen LogP contribution in [0.3, 0.4) is 0 Å². The van der Waals surface area contributed by atoms with Crippen LogP contribution in [-0.2, 0) is 20.9 Å². The molecule has 2 N–H and O–H groups in total. The fourth-order valence-electron chi connectivity index (χ4n) is 4.63. The molecule has 2 amide bonds. The lowest BCUT2D eigenvalue weighted by Gasteiger charge is -2.23. The SMILES string of the molecule is CC(C)(C)OC(=O)NC(CCCCNC(=O)OCc1ccccc1)C(=O)Oc1cccc(-c2cn3c(n2)sc2ccccc23)c1. The summed E-state index contributed by atoms with van der Waals surface area (Å²) in [6.45, 7) is 5.77. The number of hydrogen-bond acceptors (Lipinski definition) is 8. The van der Waals surface area contributed by atoms with Crippen LogP contribution in [0.4, 0.5) is 9.59 Å². The van der Waals surface area contributed by atoms with Crippen molar-refractivity contribution in [2.75, 3.05) is 6.54 Å². The molecule has 234 valence electrons. The third kappa shape index (κ3) is 8.82. The highest BCUT2D eigenvalue weighted by Crippen LogP contribution is 2.30. The molecule has 0 aliphatic carbocycles. The van der Waals surface area contributed by atoms with Crippen LogP contribution in [0.2, 0.25) is 0 Å². The summed E-state index contributed by atoms with van der Waals surface area (Å²) in [7, 11) is 0. The Kier molecular flexibility index (Phi) is 9.99. The maximum atomic E-state index is 13.3. The van der Waals surface area contributed by atoms with E-state index in [2.05, 4.69) is 16.7 Å². The molecular weight excluding hydrogens is 592 g/mol. The molecule has 0 aliphatic heterocycles. The van der Waals surface area contributed by atoms with Gasteiger partial charge in [0, 0.05) is 18.3 Å². The van der Waals surface area contributed by atoms with Crippen molar-refractivity contribution >= 4 is 44.7 Å². The Balaban J connectivity index is 1.18. The van der Waals surface area contributed by atoms with E-state index in [1.165, 1.54) is 0 Å². The number of esters is 1. The lowest BCUT2D eigenvalue weighted by Crippen LogP contribution is -2.45. The van der Waals surface area contributed by atoms with Gasteiger partial charge in [0.15, 0.2) is 4.96 Å². The van der Waals surface area contributed by atoms with E-state index in [0.717, 1.165) is 32.0 Å². The molecule has 45 heavy (non-hydrogen) atoms. The monoisotopic (exact) mass is 628 g/mol. The topological polar surface area (TPSA) is 120 Å². The number of unbranched alkanes of at least 4 members (excludes halogenated alkanes) is 1. The first-order valence-electron chi connectivity index (χ1n) is 14.8. The molecule has 1 atom stereocenters. The second kappa shape index (κ2) is 14.3. The highest BCUT2D eigenvalue weighted by Gasteiger charge is 2.26. The fraction of sp³-hybridized carbons (Fsp3) is 0.294. The molecule has 0 radical (unpaired) electrons. The number of nitrogens with zero attached hydrogens (tertiary/aromatic N) is 2. The van der Waals surface area contributed by atoms with Gasteiger partial charge in [0.2, 0.25) is 0 Å². The van der Waals surface area contributed by atoms with Gasteiger partial charge in [0.1, 0.15) is 24.0 Å².